The van der Waals surface area contributed by atoms with Gasteiger partial charge >= 0.3 is 5.97 Å². The van der Waals surface area contributed by atoms with Crippen molar-refractivity contribution in [3.63, 3.8) is 0 Å². The van der Waals surface area contributed by atoms with Crippen molar-refractivity contribution in [3.8, 4) is 11.1 Å². The molecule has 0 aliphatic heterocycles. The van der Waals surface area contributed by atoms with Gasteiger partial charge in [-0.2, -0.15) is 0 Å². The van der Waals surface area contributed by atoms with Crippen molar-refractivity contribution < 1.29 is 9.53 Å². The molecule has 0 aliphatic rings. The molecule has 0 unspecified atom stereocenters. The van der Waals surface area contributed by atoms with Gasteiger partial charge in [-0.15, -0.1) is 0 Å². The summed E-state index contributed by atoms with van der Waals surface area (Å²) in [5, 5.41) is 0. The van der Waals surface area contributed by atoms with Crippen molar-refractivity contribution in [2.75, 3.05) is 0 Å². The van der Waals surface area contributed by atoms with E-state index in [0.717, 1.165) is 11.1 Å². The maximum atomic E-state index is 11.8. The van der Waals surface area contributed by atoms with E-state index >= 15 is 0 Å². The summed E-state index contributed by atoms with van der Waals surface area (Å²) in [6, 6.07) is 16.1. The molecule has 0 saturated carbocycles. The molecular formula is C19H22O2. The number of rotatable bonds is 4. The van der Waals surface area contributed by atoms with Gasteiger partial charge in [0, 0.05) is 0 Å². The van der Waals surface area contributed by atoms with Crippen LogP contribution < -0.4 is 0 Å². The first-order chi connectivity index (χ1) is 9.97. The first-order valence-electron chi connectivity index (χ1n) is 7.38. The third kappa shape index (κ3) is 3.94. The highest BCUT2D eigenvalue weighted by atomic mass is 16.5. The van der Waals surface area contributed by atoms with Gasteiger partial charge in [0.05, 0.1) is 11.7 Å². The Bertz CT molecular complexity index is 592. The fraction of sp³-hybridized carbons (Fsp3) is 0.316. The summed E-state index contributed by atoms with van der Waals surface area (Å²) in [7, 11) is 0. The van der Waals surface area contributed by atoms with Crippen molar-refractivity contribution in [2.45, 2.75) is 39.7 Å². The number of hydrogen-bond acceptors (Lipinski definition) is 2. The fourth-order valence-electron chi connectivity index (χ4n) is 2.14. The van der Waals surface area contributed by atoms with Gasteiger partial charge in [0.1, 0.15) is 0 Å². The van der Waals surface area contributed by atoms with Crippen LogP contribution in [-0.4, -0.2) is 12.1 Å². The summed E-state index contributed by atoms with van der Waals surface area (Å²) in [6.07, 6.45) is -0.0965. The van der Waals surface area contributed by atoms with E-state index in [1.807, 2.05) is 38.1 Å². The molecule has 0 aromatic heterocycles. The Morgan fingerprint density at radius 2 is 1.29 bits per heavy atom. The molecule has 21 heavy (non-hydrogen) atoms. The monoisotopic (exact) mass is 282 g/mol. The summed E-state index contributed by atoms with van der Waals surface area (Å²) in [4.78, 5) is 11.8. The SMILES string of the molecule is CC(C)OC(=O)c1ccc(-c2ccc(C(C)C)cc2)cc1. The second-order valence-electron chi connectivity index (χ2n) is 5.81. The van der Waals surface area contributed by atoms with E-state index in [0.29, 0.717) is 11.5 Å². The van der Waals surface area contributed by atoms with Crippen molar-refractivity contribution in [1.29, 1.82) is 0 Å². The molecule has 2 aromatic carbocycles. The van der Waals surface area contributed by atoms with Crippen LogP contribution in [0.15, 0.2) is 48.5 Å². The van der Waals surface area contributed by atoms with Crippen molar-refractivity contribution in [1.82, 2.24) is 0 Å². The molecule has 0 aliphatic carbocycles. The molecule has 0 fully saturated rings. The topological polar surface area (TPSA) is 26.3 Å². The molecule has 0 atom stereocenters. The third-order valence-electron chi connectivity index (χ3n) is 3.37. The van der Waals surface area contributed by atoms with E-state index in [-0.39, 0.29) is 12.1 Å². The van der Waals surface area contributed by atoms with E-state index in [1.54, 1.807) is 0 Å². The summed E-state index contributed by atoms with van der Waals surface area (Å²) >= 11 is 0. The summed E-state index contributed by atoms with van der Waals surface area (Å²) < 4.78 is 5.18. The smallest absolute Gasteiger partial charge is 0.338 e. The van der Waals surface area contributed by atoms with Crippen molar-refractivity contribution in [2.24, 2.45) is 0 Å². The summed E-state index contributed by atoms with van der Waals surface area (Å²) in [5.74, 6) is 0.263. The van der Waals surface area contributed by atoms with Crippen LogP contribution in [0, 0.1) is 0 Å². The zero-order chi connectivity index (χ0) is 15.4. The fourth-order valence-corrected chi connectivity index (χ4v) is 2.14. The first-order valence-corrected chi connectivity index (χ1v) is 7.38. The van der Waals surface area contributed by atoms with Gasteiger partial charge in [-0.25, -0.2) is 4.79 Å². The number of esters is 1. The normalized spacial score (nSPS) is 11.0. The van der Waals surface area contributed by atoms with Crippen LogP contribution in [0.5, 0.6) is 0 Å². The third-order valence-corrected chi connectivity index (χ3v) is 3.37. The average Bonchev–Trinajstić information content (AvgIpc) is 2.47. The molecule has 0 heterocycles. The second-order valence-corrected chi connectivity index (χ2v) is 5.81. The van der Waals surface area contributed by atoms with Crippen molar-refractivity contribution >= 4 is 5.97 Å². The highest BCUT2D eigenvalue weighted by molar-refractivity contribution is 5.90. The Hall–Kier alpha value is -2.09. The molecule has 2 aromatic rings. The number of ether oxygens (including phenoxy) is 1. The minimum Gasteiger partial charge on any atom is -0.459 e. The van der Waals surface area contributed by atoms with Crippen molar-refractivity contribution in [3.05, 3.63) is 59.7 Å². The zero-order valence-corrected chi connectivity index (χ0v) is 13.1. The van der Waals surface area contributed by atoms with Crippen LogP contribution in [0.2, 0.25) is 0 Å². The molecule has 2 nitrogen and oxygen atoms in total. The number of carbonyl (C=O) groups excluding carboxylic acids is 1. The molecule has 0 bridgehead atoms. The molecule has 2 heteroatoms. The standard InChI is InChI=1S/C19H22O2/c1-13(2)15-5-7-16(8-6-15)17-9-11-18(12-10-17)19(20)21-14(3)4/h5-14H,1-4H3. The van der Waals surface area contributed by atoms with E-state index in [2.05, 4.69) is 38.1 Å². The predicted octanol–water partition coefficient (Wildman–Crippen LogP) is 5.04. The maximum Gasteiger partial charge on any atom is 0.338 e. The zero-order valence-electron chi connectivity index (χ0n) is 13.1. The van der Waals surface area contributed by atoms with Crippen LogP contribution in [-0.2, 0) is 4.74 Å². The minimum absolute atomic E-state index is 0.0965. The largest absolute Gasteiger partial charge is 0.459 e. The van der Waals surface area contributed by atoms with Gasteiger partial charge in [0.15, 0.2) is 0 Å². The molecule has 110 valence electrons. The lowest BCUT2D eigenvalue weighted by molar-refractivity contribution is 0.0378. The average molecular weight is 282 g/mol. The molecule has 0 amide bonds. The van der Waals surface area contributed by atoms with Crippen LogP contribution >= 0.6 is 0 Å². The molecule has 2 rings (SSSR count). The second kappa shape index (κ2) is 6.57. The Morgan fingerprint density at radius 3 is 1.71 bits per heavy atom. The molecule has 0 radical (unpaired) electrons. The minimum atomic E-state index is -0.272. The Balaban J connectivity index is 2.16. The van der Waals surface area contributed by atoms with Gasteiger partial charge in [-0.05, 0) is 48.6 Å². The molecule has 0 spiro atoms. The van der Waals surface area contributed by atoms with E-state index in [1.165, 1.54) is 5.56 Å². The van der Waals surface area contributed by atoms with Gasteiger partial charge in [-0.3, -0.25) is 0 Å². The Morgan fingerprint density at radius 1 is 0.810 bits per heavy atom. The van der Waals surface area contributed by atoms with Crippen LogP contribution in [0.4, 0.5) is 0 Å². The van der Waals surface area contributed by atoms with E-state index in [9.17, 15) is 4.79 Å². The highest BCUT2D eigenvalue weighted by Gasteiger charge is 2.09. The summed E-state index contributed by atoms with van der Waals surface area (Å²) in [5.41, 5.74) is 4.18. The van der Waals surface area contributed by atoms with Crippen LogP contribution in [0.25, 0.3) is 11.1 Å². The van der Waals surface area contributed by atoms with E-state index in [4.69, 9.17) is 4.74 Å². The van der Waals surface area contributed by atoms with Crippen LogP contribution in [0.3, 0.4) is 0 Å². The highest BCUT2D eigenvalue weighted by Crippen LogP contribution is 2.23. The van der Waals surface area contributed by atoms with Gasteiger partial charge in [0.2, 0.25) is 0 Å². The molecular weight excluding hydrogens is 260 g/mol. The number of benzene rings is 2. The summed E-state index contributed by atoms with van der Waals surface area (Å²) in [6.45, 7) is 8.07. The quantitative estimate of drug-likeness (QED) is 0.734. The lowest BCUT2D eigenvalue weighted by Gasteiger charge is -2.09. The lowest BCUT2D eigenvalue weighted by atomic mass is 9.98. The maximum absolute atomic E-state index is 11.8. The van der Waals surface area contributed by atoms with Gasteiger partial charge in [0.25, 0.3) is 0 Å². The number of carbonyl (C=O) groups is 1. The van der Waals surface area contributed by atoms with Gasteiger partial charge < -0.3 is 4.74 Å². The lowest BCUT2D eigenvalue weighted by Crippen LogP contribution is -2.11. The Kier molecular flexibility index (Phi) is 4.79. The molecule has 0 saturated heterocycles. The first kappa shape index (κ1) is 15.3. The predicted molar refractivity (Wildman–Crippen MR) is 86.5 cm³/mol. The number of hydrogen-bond donors (Lipinski definition) is 0. The molecule has 0 N–H and O–H groups in total. The van der Waals surface area contributed by atoms with Gasteiger partial charge in [-0.1, -0.05) is 50.2 Å². The van der Waals surface area contributed by atoms with E-state index < -0.39 is 0 Å². The Labute approximate surface area is 126 Å². The van der Waals surface area contributed by atoms with Crippen LogP contribution in [0.1, 0.15) is 49.5 Å².